The smallest absolute Gasteiger partial charge is 0.0443 e. The average Bonchev–Trinajstić information content (AvgIpc) is 2.26. The van der Waals surface area contributed by atoms with Gasteiger partial charge in [-0.3, -0.25) is 0 Å². The highest BCUT2D eigenvalue weighted by molar-refractivity contribution is 5.84. The molecule has 0 unspecified atom stereocenters. The van der Waals surface area contributed by atoms with Gasteiger partial charge in [-0.05, 0) is 48.6 Å². The maximum atomic E-state index is 4.16. The van der Waals surface area contributed by atoms with Crippen LogP contribution in [0.1, 0.15) is 43.4 Å². The molecular formula is C17H25N. The Labute approximate surface area is 112 Å². The Kier molecular flexibility index (Phi) is 4.39. The maximum absolute atomic E-state index is 4.16. The Morgan fingerprint density at radius 1 is 1.17 bits per heavy atom. The molecule has 1 nitrogen and oxygen atoms in total. The van der Waals surface area contributed by atoms with Crippen molar-refractivity contribution in [3.8, 4) is 0 Å². The topological polar surface area (TPSA) is 3.24 Å². The molecule has 0 bridgehead atoms. The lowest BCUT2D eigenvalue weighted by Crippen LogP contribution is -2.12. The Morgan fingerprint density at radius 2 is 1.72 bits per heavy atom. The van der Waals surface area contributed by atoms with Crippen LogP contribution in [0, 0.1) is 6.92 Å². The fourth-order valence-corrected chi connectivity index (χ4v) is 2.18. The van der Waals surface area contributed by atoms with E-state index < -0.39 is 0 Å². The van der Waals surface area contributed by atoms with Crippen LogP contribution < -0.4 is 4.90 Å². The van der Waals surface area contributed by atoms with Gasteiger partial charge in [0.2, 0.25) is 0 Å². The van der Waals surface area contributed by atoms with Crippen molar-refractivity contribution in [1.82, 2.24) is 0 Å². The van der Waals surface area contributed by atoms with Crippen molar-refractivity contribution in [2.24, 2.45) is 0 Å². The van der Waals surface area contributed by atoms with Gasteiger partial charge in [-0.2, -0.15) is 0 Å². The van der Waals surface area contributed by atoms with Crippen LogP contribution in [0.15, 0.2) is 30.9 Å². The predicted molar refractivity (Wildman–Crippen MR) is 83.4 cm³/mol. The van der Waals surface area contributed by atoms with E-state index in [1.807, 2.05) is 6.92 Å². The van der Waals surface area contributed by atoms with E-state index in [0.29, 0.717) is 5.92 Å². The number of rotatable bonds is 4. The third kappa shape index (κ3) is 2.84. The monoisotopic (exact) mass is 243 g/mol. The molecule has 18 heavy (non-hydrogen) atoms. The van der Waals surface area contributed by atoms with Crippen molar-refractivity contribution in [3.05, 3.63) is 47.6 Å². The molecule has 0 aliphatic rings. The van der Waals surface area contributed by atoms with E-state index in [2.05, 4.69) is 65.1 Å². The molecule has 0 N–H and O–H groups in total. The van der Waals surface area contributed by atoms with Crippen molar-refractivity contribution >= 4 is 11.3 Å². The fraction of sp³-hybridized carbons (Fsp3) is 0.412. The summed E-state index contributed by atoms with van der Waals surface area (Å²) in [7, 11) is 4.15. The van der Waals surface area contributed by atoms with E-state index in [4.69, 9.17) is 0 Å². The molecule has 0 heterocycles. The van der Waals surface area contributed by atoms with Gasteiger partial charge in [0, 0.05) is 25.3 Å². The molecule has 0 saturated carbocycles. The summed E-state index contributed by atoms with van der Waals surface area (Å²) >= 11 is 0. The molecule has 98 valence electrons. The zero-order valence-corrected chi connectivity index (χ0v) is 12.6. The number of hydrogen-bond donors (Lipinski definition) is 0. The molecule has 1 aromatic rings. The van der Waals surface area contributed by atoms with Gasteiger partial charge in [-0.1, -0.05) is 32.6 Å². The third-order valence-corrected chi connectivity index (χ3v) is 3.33. The molecule has 0 aliphatic carbocycles. The summed E-state index contributed by atoms with van der Waals surface area (Å²) in [6.07, 6.45) is 0. The van der Waals surface area contributed by atoms with E-state index in [-0.39, 0.29) is 0 Å². The molecule has 1 heteroatoms. The van der Waals surface area contributed by atoms with E-state index >= 15 is 0 Å². The van der Waals surface area contributed by atoms with Gasteiger partial charge in [0.15, 0.2) is 0 Å². The van der Waals surface area contributed by atoms with Gasteiger partial charge in [0.05, 0.1) is 0 Å². The standard InChI is InChI=1S/C17H25N/c1-11(2)14(6)16-9-13(5)15(12(3)4)10-17(16)18(7)8/h9-10,12H,1,6H2,2-5,7-8H3. The van der Waals surface area contributed by atoms with Crippen LogP contribution in [0.25, 0.3) is 5.57 Å². The minimum absolute atomic E-state index is 0.538. The first kappa shape index (κ1) is 14.6. The van der Waals surface area contributed by atoms with Crippen molar-refractivity contribution in [3.63, 3.8) is 0 Å². The highest BCUT2D eigenvalue weighted by Gasteiger charge is 2.13. The second-order valence-electron chi connectivity index (χ2n) is 5.53. The van der Waals surface area contributed by atoms with Gasteiger partial charge < -0.3 is 4.90 Å². The summed E-state index contributed by atoms with van der Waals surface area (Å²) in [5, 5.41) is 0. The minimum Gasteiger partial charge on any atom is -0.377 e. The molecular weight excluding hydrogens is 218 g/mol. The molecule has 0 aromatic heterocycles. The second-order valence-corrected chi connectivity index (χ2v) is 5.53. The minimum atomic E-state index is 0.538. The summed E-state index contributed by atoms with van der Waals surface area (Å²) in [5.41, 5.74) is 7.18. The summed E-state index contributed by atoms with van der Waals surface area (Å²) in [4.78, 5) is 2.15. The number of allylic oxidation sites excluding steroid dienone is 2. The highest BCUT2D eigenvalue weighted by Crippen LogP contribution is 2.34. The Morgan fingerprint density at radius 3 is 2.11 bits per heavy atom. The molecule has 0 amide bonds. The van der Waals surface area contributed by atoms with Gasteiger partial charge in [0.1, 0.15) is 0 Å². The molecule has 0 aliphatic heterocycles. The van der Waals surface area contributed by atoms with Crippen LogP contribution in [0.5, 0.6) is 0 Å². The average molecular weight is 243 g/mol. The summed E-state index contributed by atoms with van der Waals surface area (Å²) in [6, 6.07) is 4.52. The lowest BCUT2D eigenvalue weighted by molar-refractivity contribution is 0.854. The highest BCUT2D eigenvalue weighted by atomic mass is 15.1. The van der Waals surface area contributed by atoms with E-state index in [0.717, 1.165) is 11.1 Å². The predicted octanol–water partition coefficient (Wildman–Crippen LogP) is 4.77. The second kappa shape index (κ2) is 5.43. The largest absolute Gasteiger partial charge is 0.377 e. The molecule has 1 rings (SSSR count). The van der Waals surface area contributed by atoms with Crippen molar-refractivity contribution in [1.29, 1.82) is 0 Å². The SMILES string of the molecule is C=C(C)C(=C)c1cc(C)c(C(C)C)cc1N(C)C. The van der Waals surface area contributed by atoms with Crippen LogP contribution in [-0.4, -0.2) is 14.1 Å². The summed E-state index contributed by atoms with van der Waals surface area (Å²) < 4.78 is 0. The van der Waals surface area contributed by atoms with E-state index in [9.17, 15) is 0 Å². The first-order chi connectivity index (χ1) is 8.25. The maximum Gasteiger partial charge on any atom is 0.0443 e. The number of anilines is 1. The first-order valence-corrected chi connectivity index (χ1v) is 6.42. The molecule has 1 aromatic carbocycles. The molecule has 0 radical (unpaired) electrons. The number of benzene rings is 1. The molecule has 0 saturated heterocycles. The fourth-order valence-electron chi connectivity index (χ4n) is 2.18. The lowest BCUT2D eigenvalue weighted by Gasteiger charge is -2.23. The number of aryl methyl sites for hydroxylation is 1. The van der Waals surface area contributed by atoms with Gasteiger partial charge in [-0.25, -0.2) is 0 Å². The lowest BCUT2D eigenvalue weighted by atomic mass is 9.91. The molecule has 0 spiro atoms. The van der Waals surface area contributed by atoms with Crippen LogP contribution in [0.3, 0.4) is 0 Å². The van der Waals surface area contributed by atoms with Gasteiger partial charge in [-0.15, -0.1) is 0 Å². The normalized spacial score (nSPS) is 10.6. The summed E-state index contributed by atoms with van der Waals surface area (Å²) in [6.45, 7) is 16.8. The van der Waals surface area contributed by atoms with Gasteiger partial charge in [0.25, 0.3) is 0 Å². The van der Waals surface area contributed by atoms with Crippen LogP contribution in [0.2, 0.25) is 0 Å². The molecule has 0 fully saturated rings. The number of nitrogens with zero attached hydrogens (tertiary/aromatic N) is 1. The van der Waals surface area contributed by atoms with Crippen molar-refractivity contribution in [2.45, 2.75) is 33.6 Å². The number of hydrogen-bond acceptors (Lipinski definition) is 1. The molecule has 0 atom stereocenters. The van der Waals surface area contributed by atoms with E-state index in [1.54, 1.807) is 0 Å². The third-order valence-electron chi connectivity index (χ3n) is 3.33. The van der Waals surface area contributed by atoms with E-state index in [1.165, 1.54) is 22.4 Å². The zero-order valence-electron chi connectivity index (χ0n) is 12.6. The quantitative estimate of drug-likeness (QED) is 0.688. The van der Waals surface area contributed by atoms with Gasteiger partial charge >= 0.3 is 0 Å². The van der Waals surface area contributed by atoms with Crippen LogP contribution in [0.4, 0.5) is 5.69 Å². The van der Waals surface area contributed by atoms with Crippen molar-refractivity contribution < 1.29 is 0 Å². The van der Waals surface area contributed by atoms with Crippen molar-refractivity contribution in [2.75, 3.05) is 19.0 Å². The Hall–Kier alpha value is -1.50. The van der Waals surface area contributed by atoms with Crippen LogP contribution >= 0.6 is 0 Å². The zero-order chi connectivity index (χ0) is 14.0. The Bertz CT molecular complexity index is 479. The Balaban J connectivity index is 3.48. The van der Waals surface area contributed by atoms with Crippen LogP contribution in [-0.2, 0) is 0 Å². The summed E-state index contributed by atoms with van der Waals surface area (Å²) in [5.74, 6) is 0.538. The first-order valence-electron chi connectivity index (χ1n) is 6.42.